The second kappa shape index (κ2) is 6.95. The van der Waals surface area contributed by atoms with E-state index in [-0.39, 0.29) is 5.91 Å². The Balaban J connectivity index is 1.67. The van der Waals surface area contributed by atoms with Crippen molar-refractivity contribution in [1.29, 1.82) is 0 Å². The molecule has 0 aliphatic carbocycles. The summed E-state index contributed by atoms with van der Waals surface area (Å²) in [7, 11) is 0. The molecule has 0 aliphatic heterocycles. The Kier molecular flexibility index (Phi) is 4.98. The minimum atomic E-state index is 0.0260. The van der Waals surface area contributed by atoms with Gasteiger partial charge in [0.1, 0.15) is 0 Å². The largest absolute Gasteiger partial charge is 0.376 e. The standard InChI is InChI=1S/C15H18N2OS/c1-12-4-2-5-13(10-12)17-11-15(18)16-8-7-14-6-3-9-19-14/h2-6,9-10,17H,7-8,11H2,1H3,(H,16,18). The zero-order valence-electron chi connectivity index (χ0n) is 11.0. The molecule has 1 heterocycles. The number of nitrogens with one attached hydrogen (secondary N) is 2. The average molecular weight is 274 g/mol. The zero-order valence-corrected chi connectivity index (χ0v) is 11.8. The Hall–Kier alpha value is -1.81. The van der Waals surface area contributed by atoms with E-state index in [2.05, 4.69) is 22.1 Å². The average Bonchev–Trinajstić information content (AvgIpc) is 2.90. The molecular weight excluding hydrogens is 256 g/mol. The molecule has 4 heteroatoms. The van der Waals surface area contributed by atoms with E-state index >= 15 is 0 Å². The van der Waals surface area contributed by atoms with Crippen molar-refractivity contribution in [3.05, 3.63) is 52.2 Å². The highest BCUT2D eigenvalue weighted by Crippen LogP contribution is 2.09. The van der Waals surface area contributed by atoms with E-state index in [0.29, 0.717) is 13.1 Å². The van der Waals surface area contributed by atoms with Crippen LogP contribution in [0, 0.1) is 6.92 Å². The van der Waals surface area contributed by atoms with Crippen molar-refractivity contribution in [1.82, 2.24) is 5.32 Å². The number of rotatable bonds is 6. The summed E-state index contributed by atoms with van der Waals surface area (Å²) in [4.78, 5) is 13.0. The molecule has 2 aromatic rings. The van der Waals surface area contributed by atoms with Crippen molar-refractivity contribution >= 4 is 22.9 Å². The molecule has 1 aromatic heterocycles. The van der Waals surface area contributed by atoms with Gasteiger partial charge in [0, 0.05) is 17.1 Å². The summed E-state index contributed by atoms with van der Waals surface area (Å²) in [6, 6.07) is 12.1. The van der Waals surface area contributed by atoms with Crippen LogP contribution >= 0.6 is 11.3 Å². The van der Waals surface area contributed by atoms with Crippen molar-refractivity contribution in [2.75, 3.05) is 18.4 Å². The van der Waals surface area contributed by atoms with Crippen LogP contribution in [0.25, 0.3) is 0 Å². The number of carbonyl (C=O) groups is 1. The molecule has 0 spiro atoms. The molecule has 0 unspecified atom stereocenters. The van der Waals surface area contributed by atoms with E-state index in [9.17, 15) is 4.79 Å². The van der Waals surface area contributed by atoms with Gasteiger partial charge in [0.2, 0.25) is 5.91 Å². The maximum Gasteiger partial charge on any atom is 0.239 e. The number of carbonyl (C=O) groups excluding carboxylic acids is 1. The Morgan fingerprint density at radius 3 is 2.89 bits per heavy atom. The molecule has 0 radical (unpaired) electrons. The topological polar surface area (TPSA) is 41.1 Å². The summed E-state index contributed by atoms with van der Waals surface area (Å²) in [5.41, 5.74) is 2.16. The van der Waals surface area contributed by atoms with Crippen LogP contribution in [0.3, 0.4) is 0 Å². The highest BCUT2D eigenvalue weighted by atomic mass is 32.1. The van der Waals surface area contributed by atoms with Gasteiger partial charge in [-0.1, -0.05) is 18.2 Å². The molecule has 0 aliphatic rings. The first-order valence-corrected chi connectivity index (χ1v) is 7.21. The van der Waals surface area contributed by atoms with Crippen molar-refractivity contribution < 1.29 is 4.79 Å². The fourth-order valence-corrected chi connectivity index (χ4v) is 2.49. The van der Waals surface area contributed by atoms with Crippen molar-refractivity contribution in [3.8, 4) is 0 Å². The molecule has 0 saturated heterocycles. The van der Waals surface area contributed by atoms with E-state index in [0.717, 1.165) is 12.1 Å². The van der Waals surface area contributed by atoms with Gasteiger partial charge in [-0.2, -0.15) is 0 Å². The zero-order chi connectivity index (χ0) is 13.5. The fourth-order valence-electron chi connectivity index (χ4n) is 1.78. The van der Waals surface area contributed by atoms with Gasteiger partial charge >= 0.3 is 0 Å². The molecular formula is C15H18N2OS. The molecule has 1 amide bonds. The van der Waals surface area contributed by atoms with Gasteiger partial charge in [0.05, 0.1) is 6.54 Å². The molecule has 0 bridgehead atoms. The lowest BCUT2D eigenvalue weighted by Gasteiger charge is -2.08. The summed E-state index contributed by atoms with van der Waals surface area (Å²) in [5.74, 6) is 0.0260. The maximum atomic E-state index is 11.7. The van der Waals surface area contributed by atoms with Crippen LogP contribution in [0.4, 0.5) is 5.69 Å². The van der Waals surface area contributed by atoms with Crippen molar-refractivity contribution in [2.24, 2.45) is 0 Å². The molecule has 2 rings (SSSR count). The van der Waals surface area contributed by atoms with Crippen LogP contribution in [-0.4, -0.2) is 19.0 Å². The summed E-state index contributed by atoms with van der Waals surface area (Å²) in [6.07, 6.45) is 0.897. The van der Waals surface area contributed by atoms with Crippen LogP contribution in [0.5, 0.6) is 0 Å². The van der Waals surface area contributed by atoms with E-state index in [1.165, 1.54) is 10.4 Å². The van der Waals surface area contributed by atoms with Gasteiger partial charge in [-0.15, -0.1) is 11.3 Å². The number of thiophene rings is 1. The first kappa shape index (κ1) is 13.6. The van der Waals surface area contributed by atoms with Crippen molar-refractivity contribution in [3.63, 3.8) is 0 Å². The number of hydrogen-bond acceptors (Lipinski definition) is 3. The molecule has 100 valence electrons. The first-order valence-electron chi connectivity index (χ1n) is 6.33. The van der Waals surface area contributed by atoms with Crippen LogP contribution in [0.15, 0.2) is 41.8 Å². The van der Waals surface area contributed by atoms with Gasteiger partial charge < -0.3 is 10.6 Å². The maximum absolute atomic E-state index is 11.7. The quantitative estimate of drug-likeness (QED) is 0.850. The third-order valence-electron chi connectivity index (χ3n) is 2.74. The number of anilines is 1. The molecule has 2 N–H and O–H groups in total. The number of aryl methyl sites for hydroxylation is 1. The third-order valence-corrected chi connectivity index (χ3v) is 3.68. The van der Waals surface area contributed by atoms with Crippen LogP contribution in [-0.2, 0) is 11.2 Å². The lowest BCUT2D eigenvalue weighted by Crippen LogP contribution is -2.31. The summed E-state index contributed by atoms with van der Waals surface area (Å²) in [5, 5.41) is 8.08. The predicted octanol–water partition coefficient (Wildman–Crippen LogP) is 2.83. The minimum Gasteiger partial charge on any atom is -0.376 e. The number of benzene rings is 1. The summed E-state index contributed by atoms with van der Waals surface area (Å²) < 4.78 is 0. The Bertz CT molecular complexity index is 523. The third kappa shape index (κ3) is 4.75. The van der Waals surface area contributed by atoms with Gasteiger partial charge in [0.15, 0.2) is 0 Å². The van der Waals surface area contributed by atoms with Gasteiger partial charge in [-0.25, -0.2) is 0 Å². The fraction of sp³-hybridized carbons (Fsp3) is 0.267. The Morgan fingerprint density at radius 1 is 1.26 bits per heavy atom. The lowest BCUT2D eigenvalue weighted by atomic mass is 10.2. The lowest BCUT2D eigenvalue weighted by molar-refractivity contribution is -0.119. The van der Waals surface area contributed by atoms with Gasteiger partial charge in [-0.3, -0.25) is 4.79 Å². The van der Waals surface area contributed by atoms with E-state index < -0.39 is 0 Å². The molecule has 0 atom stereocenters. The Morgan fingerprint density at radius 2 is 2.16 bits per heavy atom. The van der Waals surface area contributed by atoms with Gasteiger partial charge in [-0.05, 0) is 42.5 Å². The van der Waals surface area contributed by atoms with Crippen LogP contribution in [0.2, 0.25) is 0 Å². The van der Waals surface area contributed by atoms with Gasteiger partial charge in [0.25, 0.3) is 0 Å². The number of amides is 1. The highest BCUT2D eigenvalue weighted by Gasteiger charge is 2.01. The summed E-state index contributed by atoms with van der Waals surface area (Å²) in [6.45, 7) is 3.04. The molecule has 0 fully saturated rings. The van der Waals surface area contributed by atoms with Crippen LogP contribution in [0.1, 0.15) is 10.4 Å². The van der Waals surface area contributed by atoms with E-state index in [1.807, 2.05) is 37.3 Å². The monoisotopic (exact) mass is 274 g/mol. The van der Waals surface area contributed by atoms with Crippen LogP contribution < -0.4 is 10.6 Å². The second-order valence-electron chi connectivity index (χ2n) is 4.40. The molecule has 1 aromatic carbocycles. The molecule has 3 nitrogen and oxygen atoms in total. The number of hydrogen-bond donors (Lipinski definition) is 2. The van der Waals surface area contributed by atoms with E-state index in [1.54, 1.807) is 11.3 Å². The predicted molar refractivity (Wildman–Crippen MR) is 80.7 cm³/mol. The SMILES string of the molecule is Cc1cccc(NCC(=O)NCCc2cccs2)c1. The van der Waals surface area contributed by atoms with E-state index in [4.69, 9.17) is 0 Å². The normalized spacial score (nSPS) is 10.2. The molecule has 0 saturated carbocycles. The first-order chi connectivity index (χ1) is 9.24. The Labute approximate surface area is 117 Å². The molecule has 19 heavy (non-hydrogen) atoms. The highest BCUT2D eigenvalue weighted by molar-refractivity contribution is 7.09. The summed E-state index contributed by atoms with van der Waals surface area (Å²) >= 11 is 1.72. The smallest absolute Gasteiger partial charge is 0.239 e. The van der Waals surface area contributed by atoms with Crippen molar-refractivity contribution in [2.45, 2.75) is 13.3 Å². The minimum absolute atomic E-state index is 0.0260. The second-order valence-corrected chi connectivity index (χ2v) is 5.43.